The molecule has 1 aliphatic heterocycles. The van der Waals surface area contributed by atoms with Gasteiger partial charge in [0.15, 0.2) is 5.78 Å². The summed E-state index contributed by atoms with van der Waals surface area (Å²) in [4.78, 5) is 27.7. The summed E-state index contributed by atoms with van der Waals surface area (Å²) in [5, 5.41) is 12.5. The summed E-state index contributed by atoms with van der Waals surface area (Å²) < 4.78 is 0. The Morgan fingerprint density at radius 2 is 1.46 bits per heavy atom. The monoisotopic (exact) mass is 404 g/mol. The molecule has 0 spiro atoms. The van der Waals surface area contributed by atoms with Crippen molar-refractivity contribution in [3.63, 3.8) is 0 Å². The topological polar surface area (TPSA) is 54.4 Å². The molecule has 0 bridgehead atoms. The molecule has 1 atom stereocenters. The number of halogens is 1. The first-order chi connectivity index (χ1) is 13.5. The van der Waals surface area contributed by atoms with E-state index in [0.717, 1.165) is 0 Å². The molecule has 3 aromatic carbocycles. The van der Waals surface area contributed by atoms with E-state index in [0.29, 0.717) is 32.2 Å². The smallest absolute Gasteiger partial charge is 0.201 e. The molecule has 28 heavy (non-hydrogen) atoms. The molecule has 0 saturated heterocycles. The van der Waals surface area contributed by atoms with Gasteiger partial charge < -0.3 is 5.11 Å². The molecule has 5 heteroatoms. The molecule has 0 amide bonds. The predicted octanol–water partition coefficient (Wildman–Crippen LogP) is 5.01. The van der Waals surface area contributed by atoms with Crippen LogP contribution in [0.4, 0.5) is 0 Å². The molecule has 0 aromatic heterocycles. The minimum atomic E-state index is -1.76. The van der Waals surface area contributed by atoms with Crippen molar-refractivity contribution in [3.8, 4) is 0 Å². The molecule has 1 unspecified atom stereocenters. The van der Waals surface area contributed by atoms with Gasteiger partial charge in [0.25, 0.3) is 0 Å². The van der Waals surface area contributed by atoms with Gasteiger partial charge in [0, 0.05) is 26.6 Å². The number of carbonyl (C=O) groups is 2. The van der Waals surface area contributed by atoms with Crippen molar-refractivity contribution in [1.82, 2.24) is 0 Å². The first kappa shape index (κ1) is 17.4. The second-order valence-corrected chi connectivity index (χ2v) is 8.22. The number of fused-ring (bicyclic) bond motifs is 2. The van der Waals surface area contributed by atoms with E-state index >= 15 is 0 Å². The Hall–Kier alpha value is -2.66. The van der Waals surface area contributed by atoms with Crippen molar-refractivity contribution in [1.29, 1.82) is 0 Å². The van der Waals surface area contributed by atoms with Crippen LogP contribution < -0.4 is 0 Å². The van der Waals surface area contributed by atoms with Gasteiger partial charge in [-0.25, -0.2) is 0 Å². The lowest BCUT2D eigenvalue weighted by Crippen LogP contribution is -2.40. The highest BCUT2D eigenvalue weighted by Crippen LogP contribution is 2.54. The van der Waals surface area contributed by atoms with Gasteiger partial charge >= 0.3 is 0 Å². The van der Waals surface area contributed by atoms with Gasteiger partial charge in [-0.2, -0.15) is 0 Å². The summed E-state index contributed by atoms with van der Waals surface area (Å²) in [7, 11) is 0. The molecule has 5 rings (SSSR count). The zero-order chi connectivity index (χ0) is 19.5. The Bertz CT molecular complexity index is 1200. The van der Waals surface area contributed by atoms with E-state index in [2.05, 4.69) is 0 Å². The normalized spacial score (nSPS) is 20.5. The van der Waals surface area contributed by atoms with Gasteiger partial charge in [0.1, 0.15) is 5.60 Å². The SMILES string of the molecule is O=C1C2=C(C(=O)c3ccccc31)C(O)(c1ccccc1)c1cc(Cl)ccc1S2. The van der Waals surface area contributed by atoms with Gasteiger partial charge in [0.2, 0.25) is 5.78 Å². The van der Waals surface area contributed by atoms with Crippen molar-refractivity contribution in [2.24, 2.45) is 0 Å². The maximum Gasteiger partial charge on any atom is 0.201 e. The van der Waals surface area contributed by atoms with Crippen molar-refractivity contribution in [3.05, 3.63) is 111 Å². The molecule has 1 N–H and O–H groups in total. The van der Waals surface area contributed by atoms with Crippen molar-refractivity contribution in [2.45, 2.75) is 10.5 Å². The molecule has 0 fully saturated rings. The molecule has 3 nitrogen and oxygen atoms in total. The first-order valence-corrected chi connectivity index (χ1v) is 9.90. The third kappa shape index (κ3) is 2.29. The quantitative estimate of drug-likeness (QED) is 0.619. The summed E-state index contributed by atoms with van der Waals surface area (Å²) in [6.07, 6.45) is 0. The molecular formula is C23H13ClO3S. The zero-order valence-corrected chi connectivity index (χ0v) is 16.1. The summed E-state index contributed by atoms with van der Waals surface area (Å²) >= 11 is 7.44. The Kier molecular flexibility index (Phi) is 3.85. The van der Waals surface area contributed by atoms with Crippen LogP contribution in [0.25, 0.3) is 0 Å². The number of thioether (sulfide) groups is 1. The van der Waals surface area contributed by atoms with Crippen LogP contribution in [-0.4, -0.2) is 16.7 Å². The summed E-state index contributed by atoms with van der Waals surface area (Å²) in [5.41, 5.74) is 0.0466. The van der Waals surface area contributed by atoms with Crippen LogP contribution in [0, 0.1) is 0 Å². The maximum atomic E-state index is 13.5. The highest BCUT2D eigenvalue weighted by Gasteiger charge is 2.50. The molecular weight excluding hydrogens is 392 g/mol. The lowest BCUT2D eigenvalue weighted by atomic mass is 9.73. The lowest BCUT2D eigenvalue weighted by molar-refractivity contribution is 0.0821. The molecule has 1 heterocycles. The maximum absolute atomic E-state index is 13.5. The number of hydrogen-bond donors (Lipinski definition) is 1. The second kappa shape index (κ2) is 6.17. The number of ketones is 2. The molecule has 2 aliphatic rings. The standard InChI is InChI=1S/C23H13ClO3S/c24-14-10-11-18-17(12-14)23(27,13-6-2-1-3-7-13)19-20(25)15-8-4-5-9-16(15)21(26)22(19)28-18/h1-12,27H. The number of hydrogen-bond acceptors (Lipinski definition) is 4. The number of allylic oxidation sites excluding steroid dienone is 1. The summed E-state index contributed by atoms with van der Waals surface area (Å²) in [6, 6.07) is 20.8. The minimum Gasteiger partial charge on any atom is -0.376 e. The van der Waals surface area contributed by atoms with Crippen LogP contribution in [0.2, 0.25) is 5.02 Å². The van der Waals surface area contributed by atoms with Gasteiger partial charge in [-0.15, -0.1) is 0 Å². The summed E-state index contributed by atoms with van der Waals surface area (Å²) in [6.45, 7) is 0. The molecule has 1 aliphatic carbocycles. The van der Waals surface area contributed by atoms with Crippen LogP contribution in [0.3, 0.4) is 0 Å². The number of carbonyl (C=O) groups excluding carboxylic acids is 2. The third-order valence-corrected chi connectivity index (χ3v) is 6.58. The van der Waals surface area contributed by atoms with E-state index in [1.165, 1.54) is 11.8 Å². The third-order valence-electron chi connectivity index (χ3n) is 5.17. The van der Waals surface area contributed by atoms with Crippen molar-refractivity contribution < 1.29 is 14.7 Å². The van der Waals surface area contributed by atoms with E-state index < -0.39 is 5.60 Å². The van der Waals surface area contributed by atoms with Crippen molar-refractivity contribution >= 4 is 34.9 Å². The van der Waals surface area contributed by atoms with Crippen LogP contribution in [0.15, 0.2) is 88.2 Å². The first-order valence-electron chi connectivity index (χ1n) is 8.71. The Morgan fingerprint density at radius 1 is 0.821 bits per heavy atom. The predicted molar refractivity (Wildman–Crippen MR) is 109 cm³/mol. The molecule has 3 aromatic rings. The molecule has 136 valence electrons. The van der Waals surface area contributed by atoms with E-state index in [-0.39, 0.29) is 22.0 Å². The van der Waals surface area contributed by atoms with E-state index in [1.54, 1.807) is 66.7 Å². The Balaban J connectivity index is 1.87. The van der Waals surface area contributed by atoms with Gasteiger partial charge in [-0.3, -0.25) is 9.59 Å². The Morgan fingerprint density at radius 3 is 2.18 bits per heavy atom. The highest BCUT2D eigenvalue weighted by atomic mass is 35.5. The molecule has 0 radical (unpaired) electrons. The number of rotatable bonds is 1. The Labute approximate surface area is 170 Å². The zero-order valence-electron chi connectivity index (χ0n) is 14.5. The van der Waals surface area contributed by atoms with E-state index in [4.69, 9.17) is 11.6 Å². The van der Waals surface area contributed by atoms with E-state index in [9.17, 15) is 14.7 Å². The highest BCUT2D eigenvalue weighted by molar-refractivity contribution is 8.04. The van der Waals surface area contributed by atoms with Crippen LogP contribution in [-0.2, 0) is 5.60 Å². The van der Waals surface area contributed by atoms with Gasteiger partial charge in [-0.05, 0) is 23.8 Å². The van der Waals surface area contributed by atoms with Gasteiger partial charge in [-0.1, -0.05) is 78.0 Å². The average molecular weight is 405 g/mol. The largest absolute Gasteiger partial charge is 0.376 e. The average Bonchev–Trinajstić information content (AvgIpc) is 2.73. The van der Waals surface area contributed by atoms with Gasteiger partial charge in [0.05, 0.1) is 10.5 Å². The number of Topliss-reactive ketones (excluding diaryl/α,β-unsaturated/α-hetero) is 2. The van der Waals surface area contributed by atoms with Crippen LogP contribution in [0.5, 0.6) is 0 Å². The minimum absolute atomic E-state index is 0.0992. The van der Waals surface area contributed by atoms with E-state index in [1.807, 2.05) is 6.07 Å². The van der Waals surface area contributed by atoms with Crippen molar-refractivity contribution in [2.75, 3.05) is 0 Å². The van der Waals surface area contributed by atoms with Crippen LogP contribution >= 0.6 is 23.4 Å². The fourth-order valence-electron chi connectivity index (χ4n) is 3.88. The summed E-state index contributed by atoms with van der Waals surface area (Å²) in [5.74, 6) is -0.583. The number of benzene rings is 3. The fraction of sp³-hybridized carbons (Fsp3) is 0.0435. The van der Waals surface area contributed by atoms with Crippen LogP contribution in [0.1, 0.15) is 31.8 Å². The second-order valence-electron chi connectivity index (χ2n) is 6.73. The number of aliphatic hydroxyl groups is 1. The fourth-order valence-corrected chi connectivity index (χ4v) is 5.27. The lowest BCUT2D eigenvalue weighted by Gasteiger charge is -2.39. The molecule has 0 saturated carbocycles.